The fourth-order valence-corrected chi connectivity index (χ4v) is 2.66. The fraction of sp³-hybridized carbons (Fsp3) is 0.231. The lowest BCUT2D eigenvalue weighted by Crippen LogP contribution is -2.38. The van der Waals surface area contributed by atoms with Gasteiger partial charge in [-0.15, -0.1) is 0 Å². The van der Waals surface area contributed by atoms with E-state index in [-0.39, 0.29) is 12.2 Å². The number of rotatable bonds is 4. The number of nitro groups is 1. The summed E-state index contributed by atoms with van der Waals surface area (Å²) in [5, 5.41) is 16.3. The van der Waals surface area contributed by atoms with Crippen LogP contribution in [-0.4, -0.2) is 18.9 Å². The van der Waals surface area contributed by atoms with Gasteiger partial charge in [-0.1, -0.05) is 30.3 Å². The van der Waals surface area contributed by atoms with Crippen LogP contribution in [0.5, 0.6) is 0 Å². The summed E-state index contributed by atoms with van der Waals surface area (Å²) < 4.78 is 26.5. The maximum absolute atomic E-state index is 11.5. The normalized spacial score (nSPS) is 22.2. The highest BCUT2D eigenvalue weighted by molar-refractivity contribution is 7.84. The van der Waals surface area contributed by atoms with Gasteiger partial charge >= 0.3 is 10.3 Å². The van der Waals surface area contributed by atoms with Gasteiger partial charge in [-0.3, -0.25) is 10.1 Å². The molecule has 0 fully saturated rings. The quantitative estimate of drug-likeness (QED) is 0.670. The third-order valence-electron chi connectivity index (χ3n) is 3.25. The lowest BCUT2D eigenvalue weighted by Gasteiger charge is -2.27. The zero-order valence-corrected chi connectivity index (χ0v) is 12.0. The summed E-state index contributed by atoms with van der Waals surface area (Å²) in [4.78, 5) is 11.0. The van der Waals surface area contributed by atoms with E-state index in [4.69, 9.17) is 5.14 Å². The molecule has 8 heteroatoms. The molecule has 0 radical (unpaired) electrons. The highest BCUT2D eigenvalue weighted by Gasteiger charge is 2.45. The van der Waals surface area contributed by atoms with Gasteiger partial charge in [-0.2, -0.15) is 13.6 Å². The molecule has 7 nitrogen and oxygen atoms in total. The highest BCUT2D eigenvalue weighted by Crippen LogP contribution is 2.38. The van der Waals surface area contributed by atoms with Gasteiger partial charge in [0.15, 0.2) is 0 Å². The summed E-state index contributed by atoms with van der Waals surface area (Å²) >= 11 is 0. The van der Waals surface area contributed by atoms with Crippen molar-refractivity contribution in [3.8, 4) is 0 Å². The number of nitrogens with zero attached hydrogens (tertiary/aromatic N) is 1. The number of nitrogens with two attached hydrogens (primary N) is 1. The maximum Gasteiger partial charge on any atom is 0.379 e. The van der Waals surface area contributed by atoms with Crippen molar-refractivity contribution in [2.24, 2.45) is 5.14 Å². The van der Waals surface area contributed by atoms with E-state index in [1.165, 1.54) is 19.1 Å². The predicted octanol–water partition coefficient (Wildman–Crippen LogP) is 1.61. The molecule has 21 heavy (non-hydrogen) atoms. The molecule has 0 aromatic heterocycles. The van der Waals surface area contributed by atoms with Crippen LogP contribution in [-0.2, 0) is 14.5 Å². The first-order chi connectivity index (χ1) is 9.72. The van der Waals surface area contributed by atoms with Crippen molar-refractivity contribution in [3.05, 3.63) is 63.9 Å². The Labute approximate surface area is 122 Å². The Bertz CT molecular complexity index is 724. The first kappa shape index (κ1) is 15.2. The Morgan fingerprint density at radius 2 is 1.90 bits per heavy atom. The average Bonchev–Trinajstić information content (AvgIpc) is 2.37. The van der Waals surface area contributed by atoms with E-state index in [0.717, 1.165) is 0 Å². The van der Waals surface area contributed by atoms with Gasteiger partial charge in [0.1, 0.15) is 5.76 Å². The molecule has 2 rings (SSSR count). The van der Waals surface area contributed by atoms with Crippen molar-refractivity contribution in [2.45, 2.75) is 18.9 Å². The van der Waals surface area contributed by atoms with Crippen molar-refractivity contribution in [1.29, 1.82) is 0 Å². The van der Waals surface area contributed by atoms with Crippen LogP contribution in [0, 0.1) is 10.1 Å². The van der Waals surface area contributed by atoms with Gasteiger partial charge in [0.25, 0.3) is 5.54 Å². The molecule has 2 N–H and O–H groups in total. The van der Waals surface area contributed by atoms with Crippen LogP contribution in [0.25, 0.3) is 5.57 Å². The van der Waals surface area contributed by atoms with Crippen molar-refractivity contribution in [3.63, 3.8) is 0 Å². The molecule has 1 aliphatic carbocycles. The summed E-state index contributed by atoms with van der Waals surface area (Å²) in [5.74, 6) is -0.0589. The minimum absolute atomic E-state index is 0.0589. The molecule has 0 spiro atoms. The molecule has 1 atom stereocenters. The third kappa shape index (κ3) is 3.29. The molecule has 1 aromatic rings. The van der Waals surface area contributed by atoms with Gasteiger partial charge in [0.2, 0.25) is 0 Å². The van der Waals surface area contributed by atoms with E-state index in [1.807, 2.05) is 6.07 Å². The smallest absolute Gasteiger partial charge is 0.375 e. The third-order valence-corrected chi connectivity index (χ3v) is 3.69. The Hall–Kier alpha value is -2.19. The molecule has 0 saturated carbocycles. The second-order valence-corrected chi connectivity index (χ2v) is 6.02. The van der Waals surface area contributed by atoms with E-state index in [0.29, 0.717) is 11.1 Å². The zero-order chi connectivity index (χ0) is 15.7. The Morgan fingerprint density at radius 1 is 1.29 bits per heavy atom. The largest absolute Gasteiger partial charge is 0.379 e. The standard InChI is InChI=1S/C13H14N2O5S/c1-13(15(16)17)9-11(20-21(14,18)19)7-8-12(13)10-5-3-2-4-6-10/h2-8H,9H2,1H3,(H2,14,18,19). The summed E-state index contributed by atoms with van der Waals surface area (Å²) in [6.07, 6.45) is 2.68. The van der Waals surface area contributed by atoms with E-state index in [2.05, 4.69) is 4.18 Å². The fourth-order valence-electron chi connectivity index (χ4n) is 2.24. The molecule has 1 aliphatic rings. The van der Waals surface area contributed by atoms with Crippen molar-refractivity contribution in [1.82, 2.24) is 0 Å². The topological polar surface area (TPSA) is 113 Å². The van der Waals surface area contributed by atoms with Gasteiger partial charge < -0.3 is 4.18 Å². The number of hydrogen-bond acceptors (Lipinski definition) is 5. The van der Waals surface area contributed by atoms with Crippen molar-refractivity contribution in [2.75, 3.05) is 0 Å². The lowest BCUT2D eigenvalue weighted by atomic mass is 9.81. The maximum atomic E-state index is 11.5. The molecular formula is C13H14N2O5S. The molecule has 0 amide bonds. The van der Waals surface area contributed by atoms with Crippen LogP contribution in [0.1, 0.15) is 18.9 Å². The van der Waals surface area contributed by atoms with Gasteiger partial charge in [0.05, 0.1) is 6.42 Å². The highest BCUT2D eigenvalue weighted by atomic mass is 32.2. The van der Waals surface area contributed by atoms with E-state index < -0.39 is 20.8 Å². The van der Waals surface area contributed by atoms with Gasteiger partial charge in [-0.25, -0.2) is 0 Å². The van der Waals surface area contributed by atoms with E-state index >= 15 is 0 Å². The first-order valence-electron chi connectivity index (χ1n) is 6.06. The first-order valence-corrected chi connectivity index (χ1v) is 7.53. The summed E-state index contributed by atoms with van der Waals surface area (Å²) in [5.41, 5.74) is -0.312. The van der Waals surface area contributed by atoms with Crippen LogP contribution in [0.4, 0.5) is 0 Å². The average molecular weight is 310 g/mol. The summed E-state index contributed by atoms with van der Waals surface area (Å²) in [6.45, 7) is 1.42. The van der Waals surface area contributed by atoms with Crippen molar-refractivity contribution < 1.29 is 17.5 Å². The Balaban J connectivity index is 2.48. The molecule has 0 bridgehead atoms. The minimum atomic E-state index is -4.20. The summed E-state index contributed by atoms with van der Waals surface area (Å²) in [6, 6.07) is 8.87. The minimum Gasteiger partial charge on any atom is -0.375 e. The van der Waals surface area contributed by atoms with Crippen LogP contribution in [0.2, 0.25) is 0 Å². The van der Waals surface area contributed by atoms with Gasteiger partial charge in [0, 0.05) is 17.4 Å². The van der Waals surface area contributed by atoms with Crippen LogP contribution in [0.15, 0.2) is 48.2 Å². The lowest BCUT2D eigenvalue weighted by molar-refractivity contribution is -0.546. The van der Waals surface area contributed by atoms with Crippen LogP contribution in [0.3, 0.4) is 0 Å². The SMILES string of the molecule is CC1([N+](=O)[O-])CC(OS(N)(=O)=O)=CC=C1c1ccccc1. The second-order valence-electron chi connectivity index (χ2n) is 4.86. The molecule has 0 heterocycles. The summed E-state index contributed by atoms with van der Waals surface area (Å²) in [7, 11) is -4.20. The molecule has 1 unspecified atom stereocenters. The number of hydrogen-bond donors (Lipinski definition) is 1. The zero-order valence-electron chi connectivity index (χ0n) is 11.2. The molecule has 0 aliphatic heterocycles. The van der Waals surface area contributed by atoms with Crippen LogP contribution >= 0.6 is 0 Å². The molecule has 112 valence electrons. The van der Waals surface area contributed by atoms with Crippen LogP contribution < -0.4 is 5.14 Å². The van der Waals surface area contributed by atoms with Gasteiger partial charge in [-0.05, 0) is 17.7 Å². The molecule has 1 aromatic carbocycles. The van der Waals surface area contributed by atoms with Crippen molar-refractivity contribution >= 4 is 15.9 Å². The number of benzene rings is 1. The Kier molecular flexibility index (Phi) is 3.84. The number of allylic oxidation sites excluding steroid dienone is 2. The van der Waals surface area contributed by atoms with E-state index in [1.54, 1.807) is 24.3 Å². The molecule has 0 saturated heterocycles. The second kappa shape index (κ2) is 5.30. The van der Waals surface area contributed by atoms with E-state index in [9.17, 15) is 18.5 Å². The molecular weight excluding hydrogens is 296 g/mol. The monoisotopic (exact) mass is 310 g/mol. The Morgan fingerprint density at radius 3 is 2.43 bits per heavy atom. The predicted molar refractivity (Wildman–Crippen MR) is 76.7 cm³/mol.